The van der Waals surface area contributed by atoms with Gasteiger partial charge in [0.05, 0.1) is 56.4 Å². The average Bonchev–Trinajstić information content (AvgIpc) is 0.848. The Hall–Kier alpha value is -8.72. The molecule has 26 heteroatoms. The number of quaternary nitrogens is 1. The predicted molar refractivity (Wildman–Crippen MR) is 369 cm³/mol. The standard InChI is InChI=1S/C71H91N15O10S/c1-44(2)59(79-56(88)25-33-96-34-29-84-57(89)23-24-58(84)90)64(92)76-53(15-10-27-73-66(72)95)63(91)75-48-19-17-47(18-20-48)36-86(7,31-32-87)30-12-26-70-38-68(5)37-69(6,39-70)41-71(40-68,42-70)43-85-46(4)51(35-74-85)50-21-22-55(78-60(50)65(93)94)83-28-11-13-49-45(3)61(81-82-62(49)83)80-67-77-52-14-8-9-16-54(52)97-67/h8-9,14,16-24,35,44,53,59,87H,10-13,15,25-34,36-43H2,1-7H3,(H7-,72,73,75,76,77,79,80,81,88,91,92,93,94,95)/p+1/t53-,59-,68-,69+,70?,71?,86?/m0/s1. The number of nitrogens with one attached hydrogen (secondary N) is 5. The molecule has 2 aromatic carbocycles. The number of primary amides is 1. The Morgan fingerprint density at radius 1 is 0.835 bits per heavy atom. The van der Waals surface area contributed by atoms with E-state index in [1.54, 1.807) is 25.2 Å². The van der Waals surface area contributed by atoms with Gasteiger partial charge in [0.2, 0.25) is 17.7 Å². The van der Waals surface area contributed by atoms with Gasteiger partial charge in [-0.2, -0.15) is 5.10 Å². The molecular weight excluding hydrogens is 1250 g/mol. The van der Waals surface area contributed by atoms with Gasteiger partial charge in [-0.1, -0.05) is 63.3 Å². The molecule has 4 saturated carbocycles. The van der Waals surface area contributed by atoms with Crippen molar-refractivity contribution in [3.05, 3.63) is 107 Å². The number of aliphatic hydroxyl groups is 1. The van der Waals surface area contributed by atoms with Crippen molar-refractivity contribution in [2.45, 2.75) is 150 Å². The number of aliphatic hydroxyl groups excluding tert-OH is 1. The first-order chi connectivity index (χ1) is 46.3. The highest BCUT2D eigenvalue weighted by atomic mass is 32.1. The van der Waals surface area contributed by atoms with Crippen molar-refractivity contribution in [3.8, 4) is 11.1 Å². The number of carbonyl (C=O) groups excluding carboxylic acids is 6. The number of hydrogen-bond acceptors (Lipinski definition) is 17. The zero-order valence-corrected chi connectivity index (χ0v) is 57.5. The quantitative estimate of drug-likeness (QED) is 0.0115. The van der Waals surface area contributed by atoms with E-state index in [2.05, 4.69) is 57.3 Å². The van der Waals surface area contributed by atoms with Crippen LogP contribution in [0.25, 0.3) is 21.3 Å². The lowest BCUT2D eigenvalue weighted by atomic mass is 9.35. The van der Waals surface area contributed by atoms with Crippen molar-refractivity contribution in [2.24, 2.45) is 33.3 Å². The molecule has 3 unspecified atom stereocenters. The van der Waals surface area contributed by atoms with Crippen LogP contribution in [0, 0.1) is 41.4 Å². The number of ether oxygens (including phenoxy) is 1. The van der Waals surface area contributed by atoms with Crippen LogP contribution in [-0.2, 0) is 48.2 Å². The van der Waals surface area contributed by atoms with Crippen LogP contribution in [0.5, 0.6) is 0 Å². The number of rotatable bonds is 31. The van der Waals surface area contributed by atoms with Crippen LogP contribution in [0.15, 0.2) is 79.0 Å². The minimum atomic E-state index is -1.12. The van der Waals surface area contributed by atoms with Crippen molar-refractivity contribution in [2.75, 3.05) is 75.1 Å². The number of pyridine rings is 1. The zero-order chi connectivity index (χ0) is 69.0. The number of carboxylic acid groups (broad SMARTS) is 1. The number of aromatic carboxylic acids is 1. The van der Waals surface area contributed by atoms with Crippen molar-refractivity contribution in [1.82, 2.24) is 50.8 Å². The zero-order valence-electron chi connectivity index (χ0n) is 56.7. The number of fused-ring (bicyclic) bond motifs is 2. The molecule has 7 atom stereocenters. The number of aromatic nitrogens is 6. The average molecular weight is 1350 g/mol. The maximum atomic E-state index is 14.0. The maximum absolute atomic E-state index is 14.0. The van der Waals surface area contributed by atoms with Gasteiger partial charge in [-0.05, 0) is 155 Å². The van der Waals surface area contributed by atoms with Gasteiger partial charge in [0.15, 0.2) is 22.5 Å². The van der Waals surface area contributed by atoms with E-state index in [4.69, 9.17) is 30.6 Å². The van der Waals surface area contributed by atoms with E-state index in [0.29, 0.717) is 59.2 Å². The van der Waals surface area contributed by atoms with Crippen LogP contribution < -0.4 is 37.2 Å². The van der Waals surface area contributed by atoms with E-state index >= 15 is 0 Å². The van der Waals surface area contributed by atoms with E-state index in [9.17, 15) is 43.8 Å². The lowest BCUT2D eigenvalue weighted by Crippen LogP contribution is -2.60. The van der Waals surface area contributed by atoms with Crippen LogP contribution in [0.4, 0.5) is 33.1 Å². The third kappa shape index (κ3) is 16.0. The smallest absolute Gasteiger partial charge is 0.355 e. The number of carbonyl (C=O) groups is 7. The van der Waals surface area contributed by atoms with Gasteiger partial charge in [0.1, 0.15) is 31.0 Å². The summed E-state index contributed by atoms with van der Waals surface area (Å²) in [7, 11) is 2.19. The highest BCUT2D eigenvalue weighted by Crippen LogP contribution is 2.75. The highest BCUT2D eigenvalue weighted by molar-refractivity contribution is 7.22. The fraction of sp³-hybridized carbons (Fsp3) is 0.521. The topological polar surface area (TPSA) is 331 Å². The molecule has 516 valence electrons. The van der Waals surface area contributed by atoms with Gasteiger partial charge in [0.25, 0.3) is 11.8 Å². The first-order valence-electron chi connectivity index (χ1n) is 33.9. The fourth-order valence-corrected chi connectivity index (χ4v) is 18.2. The van der Waals surface area contributed by atoms with Crippen LogP contribution in [0.3, 0.4) is 0 Å². The molecular formula is C71H92N15O10S+. The van der Waals surface area contributed by atoms with Crippen molar-refractivity contribution >= 4 is 91.4 Å². The number of para-hydroxylation sites is 1. The Labute approximate surface area is 569 Å². The molecule has 25 nitrogen and oxygen atoms in total. The third-order valence-electron chi connectivity index (χ3n) is 20.5. The van der Waals surface area contributed by atoms with Crippen molar-refractivity contribution in [3.63, 3.8) is 0 Å². The van der Waals surface area contributed by atoms with E-state index < -0.39 is 53.6 Å². The molecule has 0 radical (unpaired) electrons. The predicted octanol–water partition coefficient (Wildman–Crippen LogP) is 8.62. The first kappa shape index (κ1) is 69.6. The number of hydrogen-bond donors (Lipinski definition) is 8. The van der Waals surface area contributed by atoms with Crippen LogP contribution >= 0.6 is 11.3 Å². The largest absolute Gasteiger partial charge is 0.476 e. The number of imide groups is 1. The van der Waals surface area contributed by atoms with E-state index in [1.165, 1.54) is 31.4 Å². The molecule has 4 aliphatic carbocycles. The molecule has 0 saturated heterocycles. The molecule has 4 aromatic heterocycles. The Morgan fingerprint density at radius 3 is 2.27 bits per heavy atom. The summed E-state index contributed by atoms with van der Waals surface area (Å²) in [4.78, 5) is 102. The molecule has 4 fully saturated rings. The summed E-state index contributed by atoms with van der Waals surface area (Å²) >= 11 is 1.56. The highest BCUT2D eigenvalue weighted by Gasteiger charge is 2.65. The van der Waals surface area contributed by atoms with Gasteiger partial charge in [0, 0.05) is 77.4 Å². The lowest BCUT2D eigenvalue weighted by Gasteiger charge is -2.70. The molecule has 2 aliphatic heterocycles. The van der Waals surface area contributed by atoms with Crippen molar-refractivity contribution in [1.29, 1.82) is 0 Å². The van der Waals surface area contributed by atoms with Gasteiger partial charge < -0.3 is 56.7 Å². The number of nitrogens with two attached hydrogens (primary N) is 1. The Bertz CT molecular complexity index is 3930. The molecule has 4 bridgehead atoms. The van der Waals surface area contributed by atoms with Gasteiger partial charge in [-0.3, -0.25) is 33.6 Å². The number of thiazole rings is 1. The van der Waals surface area contributed by atoms with Crippen molar-refractivity contribution < 1.29 is 53.0 Å². The number of carboxylic acids is 1. The molecule has 9 N–H and O–H groups in total. The number of benzene rings is 2. The Kier molecular flexibility index (Phi) is 20.7. The molecule has 6 aromatic rings. The summed E-state index contributed by atoms with van der Waals surface area (Å²) < 4.78 is 9.31. The minimum absolute atomic E-state index is 0.00347. The van der Waals surface area contributed by atoms with Crippen LogP contribution in [0.1, 0.15) is 138 Å². The molecule has 7 amide bonds. The number of nitrogens with zero attached hydrogens (tertiary/aromatic N) is 9. The number of urea groups is 1. The number of amides is 7. The van der Waals surface area contributed by atoms with E-state index in [1.807, 2.05) is 85.6 Å². The maximum Gasteiger partial charge on any atom is 0.355 e. The summed E-state index contributed by atoms with van der Waals surface area (Å²) in [6.07, 6.45) is 15.0. The van der Waals surface area contributed by atoms with Crippen LogP contribution in [0.2, 0.25) is 0 Å². The molecule has 6 heterocycles. The Balaban J connectivity index is 0.711. The minimum Gasteiger partial charge on any atom is -0.476 e. The monoisotopic (exact) mass is 1350 g/mol. The number of anilines is 5. The summed E-state index contributed by atoms with van der Waals surface area (Å²) in [6, 6.07) is 16.6. The second-order valence-electron chi connectivity index (χ2n) is 29.2. The number of likely N-dealkylation sites (N-methyl/N-ethyl adjacent to an activating group) is 1. The Morgan fingerprint density at radius 2 is 1.57 bits per heavy atom. The van der Waals surface area contributed by atoms with Crippen LogP contribution in [-0.4, -0.2) is 163 Å². The fourth-order valence-electron chi connectivity index (χ4n) is 17.4. The van der Waals surface area contributed by atoms with E-state index in [0.717, 1.165) is 106 Å². The summed E-state index contributed by atoms with van der Waals surface area (Å²) in [5.41, 5.74) is 12.3. The molecule has 12 rings (SSSR count). The normalized spacial score (nSPS) is 22.2. The third-order valence-corrected chi connectivity index (χ3v) is 21.4. The summed E-state index contributed by atoms with van der Waals surface area (Å²) in [6.45, 7) is 16.3. The second-order valence-corrected chi connectivity index (χ2v) is 30.3. The summed E-state index contributed by atoms with van der Waals surface area (Å²) in [5, 5.41) is 50.8. The molecule has 6 aliphatic rings. The lowest BCUT2D eigenvalue weighted by molar-refractivity contribution is -0.923. The van der Waals surface area contributed by atoms with Gasteiger partial charge >= 0.3 is 12.0 Å². The van der Waals surface area contributed by atoms with Gasteiger partial charge in [-0.15, -0.1) is 10.2 Å². The second kappa shape index (κ2) is 28.8. The van der Waals surface area contributed by atoms with E-state index in [-0.39, 0.29) is 79.0 Å². The molecule has 97 heavy (non-hydrogen) atoms. The SMILES string of the molecule is Cc1c(Nc2nc3ccccc3s2)nnc2c1CCCN2c1ccc(-c2cnn(CC34CC5(CCC[N+](C)(CCO)Cc6ccc(NC(=O)[C@H](CCCNC(N)=O)NC(=O)[C@@H](NC(=O)CCOCCN7C(=O)C=CC7=O)C(C)C)cc6)C[C@@](C)(C3)C[C@](C)(C5)C4)c2C)c(C(=O)O)n1. The van der Waals surface area contributed by atoms with Gasteiger partial charge in [-0.25, -0.2) is 19.6 Å². The summed E-state index contributed by atoms with van der Waals surface area (Å²) in [5.74, 6) is -2.05. The first-order valence-corrected chi connectivity index (χ1v) is 34.7. The molecule has 0 spiro atoms.